The van der Waals surface area contributed by atoms with Gasteiger partial charge in [0.2, 0.25) is 5.91 Å². The summed E-state index contributed by atoms with van der Waals surface area (Å²) >= 11 is 0. The molecule has 1 aromatic rings. The van der Waals surface area contributed by atoms with Gasteiger partial charge in [0.15, 0.2) is 0 Å². The summed E-state index contributed by atoms with van der Waals surface area (Å²) in [6.07, 6.45) is 4.34. The van der Waals surface area contributed by atoms with Crippen LogP contribution in [0.3, 0.4) is 0 Å². The van der Waals surface area contributed by atoms with Crippen LogP contribution in [0.15, 0.2) is 18.3 Å². The predicted molar refractivity (Wildman–Crippen MR) is 105 cm³/mol. The summed E-state index contributed by atoms with van der Waals surface area (Å²) < 4.78 is 0. The summed E-state index contributed by atoms with van der Waals surface area (Å²) in [5, 5.41) is 5.56. The van der Waals surface area contributed by atoms with Gasteiger partial charge in [-0.05, 0) is 31.5 Å². The fourth-order valence-electron chi connectivity index (χ4n) is 3.40. The van der Waals surface area contributed by atoms with Crippen LogP contribution in [0.4, 0.5) is 10.6 Å². The molecule has 2 N–H and O–H groups in total. The molecule has 0 aliphatic carbocycles. The smallest absolute Gasteiger partial charge is 0.315 e. The Morgan fingerprint density at radius 3 is 2.44 bits per heavy atom. The van der Waals surface area contributed by atoms with E-state index in [4.69, 9.17) is 0 Å². The molecule has 2 fully saturated rings. The van der Waals surface area contributed by atoms with Gasteiger partial charge in [-0.25, -0.2) is 9.78 Å². The third kappa shape index (κ3) is 5.82. The Labute approximate surface area is 160 Å². The average molecular weight is 374 g/mol. The summed E-state index contributed by atoms with van der Waals surface area (Å²) in [5.74, 6) is 1.10. The predicted octanol–water partition coefficient (Wildman–Crippen LogP) is 0.645. The molecule has 2 aliphatic rings. The summed E-state index contributed by atoms with van der Waals surface area (Å²) in [5.41, 5.74) is 0.955. The number of hydrogen-bond acceptors (Lipinski definition) is 5. The number of hydrogen-bond donors (Lipinski definition) is 2. The first-order valence-electron chi connectivity index (χ1n) is 9.80. The molecule has 3 amide bonds. The molecule has 0 unspecified atom stereocenters. The van der Waals surface area contributed by atoms with Gasteiger partial charge in [-0.2, -0.15) is 0 Å². The molecule has 1 aromatic heterocycles. The van der Waals surface area contributed by atoms with Gasteiger partial charge in [0.1, 0.15) is 5.82 Å². The molecular weight excluding hydrogens is 344 g/mol. The minimum atomic E-state index is -0.257. The van der Waals surface area contributed by atoms with Crippen LogP contribution < -0.4 is 15.5 Å². The van der Waals surface area contributed by atoms with E-state index in [1.54, 1.807) is 0 Å². The maximum absolute atomic E-state index is 11.9. The standard InChI is InChI=1S/C19H30N6O2/c1-23-10-12-24(13-11-23)17-5-4-16(14-21-17)15-22-19(27)20-7-6-18(26)25-8-2-3-9-25/h4-5,14H,2-3,6-13,15H2,1H3,(H2,20,22,27). The van der Waals surface area contributed by atoms with Crippen molar-refractivity contribution in [3.05, 3.63) is 23.9 Å². The largest absolute Gasteiger partial charge is 0.354 e. The maximum atomic E-state index is 11.9. The number of carbonyl (C=O) groups is 2. The number of urea groups is 1. The molecule has 8 nitrogen and oxygen atoms in total. The number of nitrogens with one attached hydrogen (secondary N) is 2. The van der Waals surface area contributed by atoms with Crippen LogP contribution in [0.1, 0.15) is 24.8 Å². The molecule has 27 heavy (non-hydrogen) atoms. The zero-order valence-electron chi connectivity index (χ0n) is 16.1. The lowest BCUT2D eigenvalue weighted by Gasteiger charge is -2.33. The second kappa shape index (κ2) is 9.55. The quantitative estimate of drug-likeness (QED) is 0.764. The first-order valence-corrected chi connectivity index (χ1v) is 9.80. The number of likely N-dealkylation sites (N-methyl/N-ethyl adjacent to an activating group) is 1. The van der Waals surface area contributed by atoms with E-state index in [-0.39, 0.29) is 11.9 Å². The van der Waals surface area contributed by atoms with Crippen molar-refractivity contribution in [2.24, 2.45) is 0 Å². The van der Waals surface area contributed by atoms with Crippen LogP contribution in [0, 0.1) is 0 Å². The summed E-state index contributed by atoms with van der Waals surface area (Å²) in [7, 11) is 2.13. The number of pyridine rings is 1. The normalized spacial score (nSPS) is 17.8. The zero-order chi connectivity index (χ0) is 19.1. The number of aromatic nitrogens is 1. The van der Waals surface area contributed by atoms with Gasteiger partial charge in [-0.1, -0.05) is 6.07 Å². The fourth-order valence-corrected chi connectivity index (χ4v) is 3.40. The average Bonchev–Trinajstić information content (AvgIpc) is 3.22. The highest BCUT2D eigenvalue weighted by Gasteiger charge is 2.17. The van der Waals surface area contributed by atoms with Crippen molar-refractivity contribution in [2.45, 2.75) is 25.8 Å². The van der Waals surface area contributed by atoms with Crippen LogP contribution in [0.2, 0.25) is 0 Å². The summed E-state index contributed by atoms with van der Waals surface area (Å²) in [4.78, 5) is 34.8. The molecule has 0 radical (unpaired) electrons. The topological polar surface area (TPSA) is 80.8 Å². The van der Waals surface area contributed by atoms with Crippen LogP contribution >= 0.6 is 0 Å². The fraction of sp³-hybridized carbons (Fsp3) is 0.632. The van der Waals surface area contributed by atoms with Crippen molar-refractivity contribution in [1.29, 1.82) is 0 Å². The van der Waals surface area contributed by atoms with Crippen LogP contribution in [0.5, 0.6) is 0 Å². The lowest BCUT2D eigenvalue weighted by atomic mass is 10.2. The van der Waals surface area contributed by atoms with Crippen LogP contribution in [0.25, 0.3) is 0 Å². The molecule has 2 saturated heterocycles. The van der Waals surface area contributed by atoms with E-state index in [2.05, 4.69) is 32.5 Å². The first-order chi connectivity index (χ1) is 13.1. The van der Waals surface area contributed by atoms with Crippen molar-refractivity contribution in [3.63, 3.8) is 0 Å². The molecule has 0 aromatic carbocycles. The van der Waals surface area contributed by atoms with Gasteiger partial charge < -0.3 is 25.3 Å². The van der Waals surface area contributed by atoms with Crippen molar-refractivity contribution in [3.8, 4) is 0 Å². The van der Waals surface area contributed by atoms with Crippen LogP contribution in [-0.4, -0.2) is 79.6 Å². The molecule has 3 rings (SSSR count). The maximum Gasteiger partial charge on any atom is 0.315 e. The molecule has 0 saturated carbocycles. The van der Waals surface area contributed by atoms with E-state index >= 15 is 0 Å². The van der Waals surface area contributed by atoms with E-state index in [1.165, 1.54) is 0 Å². The molecule has 0 spiro atoms. The highest BCUT2D eigenvalue weighted by atomic mass is 16.2. The van der Waals surface area contributed by atoms with E-state index < -0.39 is 0 Å². The van der Waals surface area contributed by atoms with Gasteiger partial charge in [0, 0.05) is 65.0 Å². The molecule has 148 valence electrons. The van der Waals surface area contributed by atoms with Crippen molar-refractivity contribution in [1.82, 2.24) is 25.4 Å². The monoisotopic (exact) mass is 374 g/mol. The number of likely N-dealkylation sites (tertiary alicyclic amines) is 1. The summed E-state index contributed by atoms with van der Waals surface area (Å²) in [6, 6.07) is 3.75. The Hall–Kier alpha value is -2.35. The highest BCUT2D eigenvalue weighted by Crippen LogP contribution is 2.13. The second-order valence-electron chi connectivity index (χ2n) is 7.26. The lowest BCUT2D eigenvalue weighted by Crippen LogP contribution is -2.44. The Morgan fingerprint density at radius 1 is 1.04 bits per heavy atom. The highest BCUT2D eigenvalue weighted by molar-refractivity contribution is 5.78. The number of amides is 3. The first kappa shape index (κ1) is 19.4. The lowest BCUT2D eigenvalue weighted by molar-refractivity contribution is -0.129. The Bertz CT molecular complexity index is 622. The second-order valence-corrected chi connectivity index (χ2v) is 7.26. The SMILES string of the molecule is CN1CCN(c2ccc(CNC(=O)NCCC(=O)N3CCCC3)cn2)CC1. The molecular formula is C19H30N6O2. The summed E-state index contributed by atoms with van der Waals surface area (Å²) in [6.45, 7) is 6.55. The van der Waals surface area contributed by atoms with E-state index in [0.717, 1.165) is 63.5 Å². The Balaban J connectivity index is 1.34. The minimum Gasteiger partial charge on any atom is -0.354 e. The van der Waals surface area contributed by atoms with E-state index in [1.807, 2.05) is 23.2 Å². The van der Waals surface area contributed by atoms with Gasteiger partial charge in [0.05, 0.1) is 0 Å². The zero-order valence-corrected chi connectivity index (χ0v) is 16.1. The Morgan fingerprint density at radius 2 is 1.78 bits per heavy atom. The molecule has 2 aliphatic heterocycles. The molecule has 0 atom stereocenters. The van der Waals surface area contributed by atoms with Gasteiger partial charge >= 0.3 is 6.03 Å². The molecule has 0 bridgehead atoms. The number of nitrogens with zero attached hydrogens (tertiary/aromatic N) is 4. The Kier molecular flexibility index (Phi) is 6.86. The van der Waals surface area contributed by atoms with Crippen molar-refractivity contribution < 1.29 is 9.59 Å². The number of anilines is 1. The minimum absolute atomic E-state index is 0.122. The van der Waals surface area contributed by atoms with E-state index in [9.17, 15) is 9.59 Å². The van der Waals surface area contributed by atoms with Crippen molar-refractivity contribution in [2.75, 3.05) is 57.8 Å². The van der Waals surface area contributed by atoms with E-state index in [0.29, 0.717) is 19.5 Å². The van der Waals surface area contributed by atoms with Gasteiger partial charge in [-0.15, -0.1) is 0 Å². The molecule has 8 heteroatoms. The number of piperazine rings is 1. The molecule has 3 heterocycles. The number of carbonyl (C=O) groups excluding carboxylic acids is 2. The number of rotatable bonds is 6. The van der Waals surface area contributed by atoms with Gasteiger partial charge in [0.25, 0.3) is 0 Å². The van der Waals surface area contributed by atoms with Gasteiger partial charge in [-0.3, -0.25) is 4.79 Å². The third-order valence-electron chi connectivity index (χ3n) is 5.17. The van der Waals surface area contributed by atoms with Crippen LogP contribution in [-0.2, 0) is 11.3 Å². The van der Waals surface area contributed by atoms with Crippen molar-refractivity contribution >= 4 is 17.8 Å². The third-order valence-corrected chi connectivity index (χ3v) is 5.17.